The summed E-state index contributed by atoms with van der Waals surface area (Å²) in [6, 6.07) is 3.79. The molecule has 1 N–H and O–H groups in total. The van der Waals surface area contributed by atoms with Crippen LogP contribution < -0.4 is 10.2 Å². The van der Waals surface area contributed by atoms with Gasteiger partial charge in [0.25, 0.3) is 0 Å². The van der Waals surface area contributed by atoms with Gasteiger partial charge in [0, 0.05) is 34.2 Å². The number of imidazole rings is 1. The average molecular weight is 290 g/mol. The van der Waals surface area contributed by atoms with Crippen LogP contribution in [0.1, 0.15) is 22.4 Å². The van der Waals surface area contributed by atoms with Crippen LogP contribution >= 0.6 is 0 Å². The van der Waals surface area contributed by atoms with Crippen molar-refractivity contribution in [2.45, 2.75) is 26.9 Å². The second-order valence-electron chi connectivity index (χ2n) is 5.65. The Morgan fingerprint density at radius 2 is 1.81 bits per heavy atom. The Bertz CT molecular complexity index is 608. The van der Waals surface area contributed by atoms with Crippen molar-refractivity contribution < 1.29 is 4.39 Å². The third-order valence-corrected chi connectivity index (χ3v) is 3.59. The zero-order valence-corrected chi connectivity index (χ0v) is 13.4. The molecule has 0 amide bonds. The molecule has 21 heavy (non-hydrogen) atoms. The molecule has 0 aliphatic heterocycles. The number of rotatable bonds is 5. The minimum atomic E-state index is -0.110. The van der Waals surface area contributed by atoms with Gasteiger partial charge in [-0.2, -0.15) is 0 Å². The highest BCUT2D eigenvalue weighted by Crippen LogP contribution is 2.15. The predicted molar refractivity (Wildman–Crippen MR) is 84.0 cm³/mol. The van der Waals surface area contributed by atoms with Crippen molar-refractivity contribution in [3.05, 3.63) is 46.5 Å². The molecule has 5 heteroatoms. The summed E-state index contributed by atoms with van der Waals surface area (Å²) in [7, 11) is 5.96. The SMILES string of the molecule is Cc1cc(CNCc2cnc(N(C)C)n2C)cc(C)c1F. The molecule has 1 aromatic carbocycles. The largest absolute Gasteiger partial charge is 0.348 e. The van der Waals surface area contributed by atoms with Gasteiger partial charge in [-0.15, -0.1) is 0 Å². The van der Waals surface area contributed by atoms with Crippen molar-refractivity contribution in [1.29, 1.82) is 0 Å². The van der Waals surface area contributed by atoms with E-state index in [1.807, 2.05) is 44.4 Å². The lowest BCUT2D eigenvalue weighted by Crippen LogP contribution is -2.18. The molecule has 0 saturated heterocycles. The van der Waals surface area contributed by atoms with Gasteiger partial charge in [0.1, 0.15) is 5.82 Å². The second-order valence-corrected chi connectivity index (χ2v) is 5.65. The molecule has 0 saturated carbocycles. The van der Waals surface area contributed by atoms with Gasteiger partial charge in [-0.3, -0.25) is 0 Å². The van der Waals surface area contributed by atoms with Crippen molar-refractivity contribution in [3.63, 3.8) is 0 Å². The molecule has 0 unspecified atom stereocenters. The number of hydrogen-bond donors (Lipinski definition) is 1. The van der Waals surface area contributed by atoms with Crippen LogP contribution in [0.3, 0.4) is 0 Å². The Labute approximate surface area is 125 Å². The fourth-order valence-corrected chi connectivity index (χ4v) is 2.49. The zero-order valence-electron chi connectivity index (χ0n) is 13.4. The first-order chi connectivity index (χ1) is 9.90. The van der Waals surface area contributed by atoms with E-state index in [1.54, 1.807) is 13.8 Å². The van der Waals surface area contributed by atoms with Gasteiger partial charge in [0.15, 0.2) is 0 Å². The van der Waals surface area contributed by atoms with E-state index in [2.05, 4.69) is 14.9 Å². The molecule has 0 aliphatic carbocycles. The van der Waals surface area contributed by atoms with E-state index < -0.39 is 0 Å². The molecule has 4 nitrogen and oxygen atoms in total. The Hall–Kier alpha value is -1.88. The van der Waals surface area contributed by atoms with E-state index in [0.29, 0.717) is 17.7 Å². The van der Waals surface area contributed by atoms with Crippen LogP contribution in [0.15, 0.2) is 18.3 Å². The maximum absolute atomic E-state index is 13.6. The quantitative estimate of drug-likeness (QED) is 0.918. The van der Waals surface area contributed by atoms with Crippen molar-refractivity contribution >= 4 is 5.95 Å². The Kier molecular flexibility index (Phi) is 4.63. The molecule has 0 fully saturated rings. The molecule has 0 atom stereocenters. The number of halogens is 1. The lowest BCUT2D eigenvalue weighted by molar-refractivity contribution is 0.605. The van der Waals surface area contributed by atoms with Gasteiger partial charge in [-0.25, -0.2) is 9.37 Å². The number of anilines is 1. The monoisotopic (exact) mass is 290 g/mol. The van der Waals surface area contributed by atoms with E-state index in [1.165, 1.54) is 0 Å². The smallest absolute Gasteiger partial charge is 0.204 e. The summed E-state index contributed by atoms with van der Waals surface area (Å²) in [6.07, 6.45) is 1.88. The molecule has 0 spiro atoms. The highest BCUT2D eigenvalue weighted by atomic mass is 19.1. The van der Waals surface area contributed by atoms with Crippen LogP contribution in [-0.2, 0) is 20.1 Å². The molecular formula is C16H23FN4. The first-order valence-corrected chi connectivity index (χ1v) is 7.04. The molecule has 0 bridgehead atoms. The Morgan fingerprint density at radius 3 is 2.33 bits per heavy atom. The molecule has 1 aromatic heterocycles. The highest BCUT2D eigenvalue weighted by molar-refractivity contribution is 5.32. The fraction of sp³-hybridized carbons (Fsp3) is 0.438. The van der Waals surface area contributed by atoms with Crippen molar-refractivity contribution in [2.75, 3.05) is 19.0 Å². The molecule has 2 aromatic rings. The van der Waals surface area contributed by atoms with Gasteiger partial charge in [-0.1, -0.05) is 12.1 Å². The zero-order chi connectivity index (χ0) is 15.6. The average Bonchev–Trinajstić information content (AvgIpc) is 2.77. The fourth-order valence-electron chi connectivity index (χ4n) is 2.49. The van der Waals surface area contributed by atoms with Gasteiger partial charge in [-0.05, 0) is 30.5 Å². The maximum atomic E-state index is 13.6. The summed E-state index contributed by atoms with van der Waals surface area (Å²) < 4.78 is 15.7. The van der Waals surface area contributed by atoms with Crippen molar-refractivity contribution in [3.8, 4) is 0 Å². The summed E-state index contributed by atoms with van der Waals surface area (Å²) in [5, 5.41) is 3.38. The molecule has 1 heterocycles. The van der Waals surface area contributed by atoms with Gasteiger partial charge < -0.3 is 14.8 Å². The molecule has 0 radical (unpaired) electrons. The van der Waals surface area contributed by atoms with Crippen LogP contribution in [-0.4, -0.2) is 23.6 Å². The highest BCUT2D eigenvalue weighted by Gasteiger charge is 2.08. The number of benzene rings is 1. The summed E-state index contributed by atoms with van der Waals surface area (Å²) in [6.45, 7) is 5.05. The molecule has 2 rings (SSSR count). The second kappa shape index (κ2) is 6.26. The number of nitrogens with zero attached hydrogens (tertiary/aromatic N) is 3. The van der Waals surface area contributed by atoms with Crippen LogP contribution in [0, 0.1) is 19.7 Å². The molecular weight excluding hydrogens is 267 g/mol. The number of aromatic nitrogens is 2. The topological polar surface area (TPSA) is 33.1 Å². The van der Waals surface area contributed by atoms with Crippen LogP contribution in [0.4, 0.5) is 10.3 Å². The number of hydrogen-bond acceptors (Lipinski definition) is 3. The van der Waals surface area contributed by atoms with Crippen molar-refractivity contribution in [1.82, 2.24) is 14.9 Å². The molecule has 0 aliphatic rings. The third kappa shape index (κ3) is 3.42. The summed E-state index contributed by atoms with van der Waals surface area (Å²) in [5.41, 5.74) is 3.61. The number of aryl methyl sites for hydroxylation is 2. The van der Waals surface area contributed by atoms with E-state index in [9.17, 15) is 4.39 Å². The van der Waals surface area contributed by atoms with E-state index in [-0.39, 0.29) is 5.82 Å². The first kappa shape index (κ1) is 15.5. The lowest BCUT2D eigenvalue weighted by atomic mass is 10.1. The Balaban J connectivity index is 1.99. The van der Waals surface area contributed by atoms with Crippen LogP contribution in [0.25, 0.3) is 0 Å². The summed E-state index contributed by atoms with van der Waals surface area (Å²) in [5.74, 6) is 0.821. The van der Waals surface area contributed by atoms with E-state index in [4.69, 9.17) is 0 Å². The minimum Gasteiger partial charge on any atom is -0.348 e. The Morgan fingerprint density at radius 1 is 1.19 bits per heavy atom. The predicted octanol–water partition coefficient (Wildman–Crippen LogP) is 2.53. The first-order valence-electron chi connectivity index (χ1n) is 7.04. The lowest BCUT2D eigenvalue weighted by Gasteiger charge is -2.13. The standard InChI is InChI=1S/C16H23FN4/c1-11-6-13(7-12(2)15(11)17)8-18-9-14-10-19-16(20(3)4)21(14)5/h6-7,10,18H,8-9H2,1-5H3. The number of nitrogens with one attached hydrogen (secondary N) is 1. The summed E-state index contributed by atoms with van der Waals surface area (Å²) >= 11 is 0. The maximum Gasteiger partial charge on any atom is 0.204 e. The van der Waals surface area contributed by atoms with Gasteiger partial charge in [0.2, 0.25) is 5.95 Å². The van der Waals surface area contributed by atoms with Crippen LogP contribution in [0.2, 0.25) is 0 Å². The van der Waals surface area contributed by atoms with Gasteiger partial charge >= 0.3 is 0 Å². The summed E-state index contributed by atoms with van der Waals surface area (Å²) in [4.78, 5) is 6.36. The van der Waals surface area contributed by atoms with Crippen LogP contribution in [0.5, 0.6) is 0 Å². The van der Waals surface area contributed by atoms with Gasteiger partial charge in [0.05, 0.1) is 11.9 Å². The molecule has 114 valence electrons. The van der Waals surface area contributed by atoms with Crippen molar-refractivity contribution in [2.24, 2.45) is 7.05 Å². The minimum absolute atomic E-state index is 0.110. The third-order valence-electron chi connectivity index (χ3n) is 3.59. The van der Waals surface area contributed by atoms with E-state index in [0.717, 1.165) is 23.8 Å². The van der Waals surface area contributed by atoms with E-state index >= 15 is 0 Å². The normalized spacial score (nSPS) is 11.0.